The topological polar surface area (TPSA) is 84.6 Å². The zero-order valence-electron chi connectivity index (χ0n) is 12.4. The highest BCUT2D eigenvalue weighted by Crippen LogP contribution is 2.35. The van der Waals surface area contributed by atoms with Crippen LogP contribution in [0.25, 0.3) is 0 Å². The highest BCUT2D eigenvalue weighted by molar-refractivity contribution is 5.77. The lowest BCUT2D eigenvalue weighted by Gasteiger charge is -2.40. The molecule has 0 radical (unpaired) electrons. The fraction of sp³-hybridized carbons (Fsp3) is 0.786. The van der Waals surface area contributed by atoms with Crippen LogP contribution in [0.2, 0.25) is 0 Å². The van der Waals surface area contributed by atoms with Crippen molar-refractivity contribution in [1.29, 1.82) is 5.26 Å². The largest absolute Gasteiger partial charge is 0.481 e. The van der Waals surface area contributed by atoms with Gasteiger partial charge in [-0.3, -0.25) is 4.79 Å². The Kier molecular flexibility index (Phi) is 5.37. The van der Waals surface area contributed by atoms with Crippen LogP contribution in [0.5, 0.6) is 0 Å². The van der Waals surface area contributed by atoms with Crippen molar-refractivity contribution in [3.05, 3.63) is 0 Å². The Morgan fingerprint density at radius 2 is 2.00 bits per heavy atom. The number of carboxylic acid groups (broad SMARTS) is 1. The summed E-state index contributed by atoms with van der Waals surface area (Å²) in [5.74, 6) is -0.765. The van der Waals surface area contributed by atoms with E-state index in [2.05, 4.69) is 6.07 Å². The fourth-order valence-electron chi connectivity index (χ4n) is 2.53. The molecule has 0 aromatic carbocycles. The van der Waals surface area contributed by atoms with E-state index in [0.717, 1.165) is 0 Å². The first-order valence-corrected chi connectivity index (χ1v) is 7.00. The summed E-state index contributed by atoms with van der Waals surface area (Å²) in [6.07, 6.45) is 1.87. The molecule has 0 saturated carbocycles. The molecule has 1 heterocycles. The van der Waals surface area contributed by atoms with Gasteiger partial charge in [-0.25, -0.2) is 4.79 Å². The maximum absolute atomic E-state index is 12.3. The molecule has 1 fully saturated rings. The first-order chi connectivity index (χ1) is 9.38. The first-order valence-electron chi connectivity index (χ1n) is 7.00. The van der Waals surface area contributed by atoms with Gasteiger partial charge in [-0.05, 0) is 26.2 Å². The molecule has 0 bridgehead atoms. The number of rotatable bonds is 4. The number of piperidine rings is 1. The lowest BCUT2D eigenvalue weighted by molar-refractivity contribution is -0.152. The second kappa shape index (κ2) is 6.60. The van der Waals surface area contributed by atoms with E-state index in [0.29, 0.717) is 38.8 Å². The number of urea groups is 1. The van der Waals surface area contributed by atoms with E-state index in [1.54, 1.807) is 16.8 Å². The Morgan fingerprint density at radius 1 is 1.45 bits per heavy atom. The first kappa shape index (κ1) is 16.3. The monoisotopic (exact) mass is 281 g/mol. The van der Waals surface area contributed by atoms with Gasteiger partial charge < -0.3 is 14.9 Å². The van der Waals surface area contributed by atoms with Crippen LogP contribution in [0.3, 0.4) is 0 Å². The predicted octanol–water partition coefficient (Wildman–Crippen LogP) is 1.92. The predicted molar refractivity (Wildman–Crippen MR) is 74.0 cm³/mol. The van der Waals surface area contributed by atoms with Gasteiger partial charge in [0, 0.05) is 26.2 Å². The number of carboxylic acids is 1. The van der Waals surface area contributed by atoms with Crippen molar-refractivity contribution in [2.45, 2.75) is 45.6 Å². The summed E-state index contributed by atoms with van der Waals surface area (Å²) in [6.45, 7) is 4.64. The summed E-state index contributed by atoms with van der Waals surface area (Å²) >= 11 is 0. The molecule has 1 N–H and O–H groups in total. The molecular weight excluding hydrogens is 258 g/mol. The minimum Gasteiger partial charge on any atom is -0.481 e. The van der Waals surface area contributed by atoms with E-state index >= 15 is 0 Å². The van der Waals surface area contributed by atoms with Crippen molar-refractivity contribution in [2.24, 2.45) is 5.41 Å². The van der Waals surface area contributed by atoms with E-state index in [1.807, 2.05) is 13.8 Å². The van der Waals surface area contributed by atoms with Crippen molar-refractivity contribution in [1.82, 2.24) is 9.80 Å². The van der Waals surface area contributed by atoms with Gasteiger partial charge in [-0.1, -0.05) is 6.92 Å². The van der Waals surface area contributed by atoms with Gasteiger partial charge in [-0.15, -0.1) is 0 Å². The molecule has 6 heteroatoms. The molecule has 0 aromatic heterocycles. The molecule has 1 aliphatic rings. The highest BCUT2D eigenvalue weighted by Gasteiger charge is 2.41. The van der Waals surface area contributed by atoms with Crippen molar-refractivity contribution in [3.63, 3.8) is 0 Å². The van der Waals surface area contributed by atoms with Crippen LogP contribution < -0.4 is 0 Å². The Labute approximate surface area is 120 Å². The van der Waals surface area contributed by atoms with Crippen LogP contribution in [0, 0.1) is 16.7 Å². The van der Waals surface area contributed by atoms with Gasteiger partial charge in [0.2, 0.25) is 0 Å². The average molecular weight is 281 g/mol. The normalized spacial score (nSPS) is 19.0. The summed E-state index contributed by atoms with van der Waals surface area (Å²) < 4.78 is 0. The lowest BCUT2D eigenvalue weighted by Crippen LogP contribution is -2.51. The number of nitriles is 1. The van der Waals surface area contributed by atoms with E-state index in [1.165, 1.54) is 0 Å². The van der Waals surface area contributed by atoms with Gasteiger partial charge in [-0.2, -0.15) is 5.26 Å². The number of hydrogen-bond acceptors (Lipinski definition) is 3. The zero-order chi connectivity index (χ0) is 15.3. The van der Waals surface area contributed by atoms with Gasteiger partial charge >= 0.3 is 12.0 Å². The van der Waals surface area contributed by atoms with Crippen molar-refractivity contribution in [3.8, 4) is 6.07 Å². The summed E-state index contributed by atoms with van der Waals surface area (Å²) in [4.78, 5) is 26.9. The maximum Gasteiger partial charge on any atom is 0.320 e. The van der Waals surface area contributed by atoms with Crippen LogP contribution in [0.4, 0.5) is 4.79 Å². The second-order valence-corrected chi connectivity index (χ2v) is 5.53. The molecule has 20 heavy (non-hydrogen) atoms. The molecule has 0 aromatic rings. The number of hydrogen-bond donors (Lipinski definition) is 1. The van der Waals surface area contributed by atoms with Crippen molar-refractivity contribution in [2.75, 3.05) is 20.1 Å². The molecule has 6 nitrogen and oxygen atoms in total. The number of carbonyl (C=O) groups is 2. The highest BCUT2D eigenvalue weighted by atomic mass is 16.4. The number of nitrogens with zero attached hydrogens (tertiary/aromatic N) is 3. The smallest absolute Gasteiger partial charge is 0.320 e. The molecule has 1 atom stereocenters. The van der Waals surface area contributed by atoms with Gasteiger partial charge in [0.15, 0.2) is 0 Å². The SMILES string of the molecule is CCC1(C(=O)O)CCN(C(=O)N(C)C(C)CC#N)CC1. The zero-order valence-corrected chi connectivity index (χ0v) is 12.4. The average Bonchev–Trinajstić information content (AvgIpc) is 2.45. The van der Waals surface area contributed by atoms with Gasteiger partial charge in [0.25, 0.3) is 0 Å². The third-order valence-electron chi connectivity index (χ3n) is 4.47. The molecule has 2 amide bonds. The molecule has 0 spiro atoms. The maximum atomic E-state index is 12.3. The summed E-state index contributed by atoms with van der Waals surface area (Å²) in [5, 5.41) is 18.0. The number of amides is 2. The van der Waals surface area contributed by atoms with Gasteiger partial charge in [0.05, 0.1) is 17.9 Å². The fourth-order valence-corrected chi connectivity index (χ4v) is 2.53. The van der Waals surface area contributed by atoms with Crippen LogP contribution in [0.15, 0.2) is 0 Å². The second-order valence-electron chi connectivity index (χ2n) is 5.53. The van der Waals surface area contributed by atoms with Crippen molar-refractivity contribution >= 4 is 12.0 Å². The molecule has 1 rings (SSSR count). The molecule has 1 unspecified atom stereocenters. The van der Waals surface area contributed by atoms with E-state index in [4.69, 9.17) is 5.26 Å². The third-order valence-corrected chi connectivity index (χ3v) is 4.47. The van der Waals surface area contributed by atoms with Crippen LogP contribution in [-0.2, 0) is 4.79 Å². The molecule has 1 saturated heterocycles. The Morgan fingerprint density at radius 3 is 2.40 bits per heavy atom. The summed E-state index contributed by atoms with van der Waals surface area (Å²) in [6, 6.07) is 1.80. The van der Waals surface area contributed by atoms with E-state index in [-0.39, 0.29) is 12.1 Å². The Hall–Kier alpha value is -1.77. The number of carbonyl (C=O) groups excluding carboxylic acids is 1. The molecule has 0 aliphatic carbocycles. The minimum atomic E-state index is -0.765. The lowest BCUT2D eigenvalue weighted by atomic mass is 9.76. The summed E-state index contributed by atoms with van der Waals surface area (Å²) in [5.41, 5.74) is -0.687. The Bertz CT molecular complexity index is 408. The van der Waals surface area contributed by atoms with Crippen molar-refractivity contribution < 1.29 is 14.7 Å². The molecule has 1 aliphatic heterocycles. The van der Waals surface area contributed by atoms with E-state index in [9.17, 15) is 14.7 Å². The number of likely N-dealkylation sites (tertiary alicyclic amines) is 1. The minimum absolute atomic E-state index is 0.122. The Balaban J connectivity index is 2.63. The number of aliphatic carboxylic acids is 1. The van der Waals surface area contributed by atoms with Crippen LogP contribution in [-0.4, -0.2) is 53.1 Å². The summed E-state index contributed by atoms with van der Waals surface area (Å²) in [7, 11) is 1.68. The third kappa shape index (κ3) is 3.21. The van der Waals surface area contributed by atoms with Crippen LogP contribution in [0.1, 0.15) is 39.5 Å². The van der Waals surface area contributed by atoms with E-state index < -0.39 is 11.4 Å². The van der Waals surface area contributed by atoms with Gasteiger partial charge in [0.1, 0.15) is 0 Å². The molecular formula is C14H23N3O3. The standard InChI is InChI=1S/C14H23N3O3/c1-4-14(12(18)19)6-9-17(10-7-14)13(20)16(3)11(2)5-8-15/h11H,4-7,9-10H2,1-3H3,(H,18,19). The van der Waals surface area contributed by atoms with Crippen LogP contribution >= 0.6 is 0 Å². The molecule has 112 valence electrons. The quantitative estimate of drug-likeness (QED) is 0.853.